The summed E-state index contributed by atoms with van der Waals surface area (Å²) in [5, 5.41) is 119. The van der Waals surface area contributed by atoms with Crippen LogP contribution in [0.25, 0.3) is 0 Å². The van der Waals surface area contributed by atoms with E-state index in [1.807, 2.05) is 13.8 Å². The van der Waals surface area contributed by atoms with Crippen molar-refractivity contribution in [1.29, 1.82) is 0 Å². The zero-order valence-electron chi connectivity index (χ0n) is 39.8. The number of hydrogen-bond donors (Lipinski definition) is 11. The Morgan fingerprint density at radius 1 is 0.662 bits per heavy atom. The van der Waals surface area contributed by atoms with Crippen LogP contribution in [0.15, 0.2) is 11.6 Å². The maximum atomic E-state index is 11.8. The first-order valence-electron chi connectivity index (χ1n) is 24.2. The minimum absolute atomic E-state index is 0.0303. The fourth-order valence-corrected chi connectivity index (χ4v) is 14.9. The van der Waals surface area contributed by atoms with Gasteiger partial charge in [-0.2, -0.15) is 0 Å². The number of rotatable bonds is 12. The maximum absolute atomic E-state index is 11.8. The first kappa shape index (κ1) is 51.9. The van der Waals surface area contributed by atoms with Crippen molar-refractivity contribution in [3.63, 3.8) is 0 Å². The lowest BCUT2D eigenvalue weighted by molar-refractivity contribution is -0.381. The monoisotopic (exact) mass is 931 g/mol. The third kappa shape index (κ3) is 8.73. The van der Waals surface area contributed by atoms with Crippen molar-refractivity contribution in [2.45, 2.75) is 230 Å². The van der Waals surface area contributed by atoms with E-state index in [1.54, 1.807) is 0 Å². The van der Waals surface area contributed by atoms with Crippen LogP contribution in [-0.2, 0) is 28.4 Å². The lowest BCUT2D eigenvalue weighted by Crippen LogP contribution is -2.70. The third-order valence-corrected chi connectivity index (χ3v) is 18.7. The number of aliphatic hydroxyl groups is 11. The average Bonchev–Trinajstić information content (AvgIpc) is 3.61. The van der Waals surface area contributed by atoms with Crippen LogP contribution in [0.4, 0.5) is 0 Å². The molecule has 3 saturated heterocycles. The second kappa shape index (κ2) is 19.0. The van der Waals surface area contributed by atoms with Gasteiger partial charge in [-0.3, -0.25) is 0 Å². The standard InChI is InChI=1S/C48H82O17/c1-22(2)11-10-16-48(9,65-42-38(59)35(56)32(53)27(20-49)62-42)25-14-18-46(7)24(25)12-13-29-45(6)17-15-30(51)44(4,5)40(45)26(19-47(29,46)8)61-43-39(36(57)33(54)28(21-50)63-43)64-41-37(58)34(55)31(52)23(3)60-41/h11,23-43,49-59H,10,12-21H2,1-9H3/t23-,24+,25-,26-,27+,28+,29+,30-,31-,32+,33+,34+,35-,36-,37+,38+,39+,40-,41-,42-,43+,45+,46+,47+,48-/m0/s1. The van der Waals surface area contributed by atoms with Crippen LogP contribution in [0.3, 0.4) is 0 Å². The minimum atomic E-state index is -1.72. The molecule has 17 heteroatoms. The van der Waals surface area contributed by atoms with E-state index in [0.717, 1.165) is 37.7 Å². The van der Waals surface area contributed by atoms with Crippen molar-refractivity contribution < 1.29 is 84.6 Å². The Kier molecular flexibility index (Phi) is 15.2. The van der Waals surface area contributed by atoms with Crippen molar-refractivity contribution in [2.75, 3.05) is 13.2 Å². The molecule has 0 aromatic carbocycles. The van der Waals surface area contributed by atoms with E-state index in [-0.39, 0.29) is 34.5 Å². The summed E-state index contributed by atoms with van der Waals surface area (Å²) in [7, 11) is 0. The fraction of sp³-hybridized carbons (Fsp3) is 0.958. The van der Waals surface area contributed by atoms with Gasteiger partial charge in [-0.25, -0.2) is 0 Å². The Hall–Kier alpha value is -0.940. The van der Waals surface area contributed by atoms with Gasteiger partial charge in [-0.05, 0) is 131 Å². The summed E-state index contributed by atoms with van der Waals surface area (Å²) in [4.78, 5) is 0. The number of allylic oxidation sites excluding steroid dienone is 2. The van der Waals surface area contributed by atoms with Gasteiger partial charge in [0.25, 0.3) is 0 Å². The molecule has 0 aromatic heterocycles. The van der Waals surface area contributed by atoms with Gasteiger partial charge in [-0.15, -0.1) is 0 Å². The van der Waals surface area contributed by atoms with Gasteiger partial charge in [0.05, 0.1) is 37.1 Å². The Bertz CT molecular complexity index is 1660. The summed E-state index contributed by atoms with van der Waals surface area (Å²) in [5.74, 6) is 0.0245. The molecule has 0 aromatic rings. The number of ether oxygens (including phenoxy) is 6. The van der Waals surface area contributed by atoms with E-state index in [1.165, 1.54) is 6.92 Å². The molecule has 3 heterocycles. The zero-order chi connectivity index (χ0) is 47.9. The molecule has 0 spiro atoms. The van der Waals surface area contributed by atoms with Gasteiger partial charge in [0.15, 0.2) is 18.9 Å². The Balaban J connectivity index is 1.25. The van der Waals surface area contributed by atoms with Crippen LogP contribution in [0, 0.1) is 45.3 Å². The molecule has 0 bridgehead atoms. The molecule has 376 valence electrons. The summed E-state index contributed by atoms with van der Waals surface area (Å²) in [6, 6.07) is 0. The highest BCUT2D eigenvalue weighted by Crippen LogP contribution is 2.76. The zero-order valence-corrected chi connectivity index (χ0v) is 39.8. The molecular weight excluding hydrogens is 849 g/mol. The molecule has 0 amide bonds. The van der Waals surface area contributed by atoms with Gasteiger partial charge < -0.3 is 84.6 Å². The summed E-state index contributed by atoms with van der Waals surface area (Å²) < 4.78 is 38.3. The molecule has 65 heavy (non-hydrogen) atoms. The number of aliphatic hydroxyl groups excluding tert-OH is 11. The van der Waals surface area contributed by atoms with Gasteiger partial charge in [0.2, 0.25) is 0 Å². The molecule has 11 N–H and O–H groups in total. The van der Waals surface area contributed by atoms with Crippen LogP contribution in [0.1, 0.15) is 120 Å². The summed E-state index contributed by atoms with van der Waals surface area (Å²) in [6.45, 7) is 17.6. The van der Waals surface area contributed by atoms with E-state index < -0.39 is 134 Å². The third-order valence-electron chi connectivity index (χ3n) is 18.7. The lowest BCUT2D eigenvalue weighted by atomic mass is 9.35. The molecule has 0 radical (unpaired) electrons. The smallest absolute Gasteiger partial charge is 0.187 e. The number of hydrogen-bond acceptors (Lipinski definition) is 17. The van der Waals surface area contributed by atoms with E-state index in [4.69, 9.17) is 28.4 Å². The molecule has 4 saturated carbocycles. The van der Waals surface area contributed by atoms with Crippen LogP contribution in [-0.4, -0.2) is 179 Å². The normalized spacial score (nSPS) is 53.0. The minimum Gasteiger partial charge on any atom is -0.394 e. The van der Waals surface area contributed by atoms with Gasteiger partial charge >= 0.3 is 0 Å². The first-order valence-corrected chi connectivity index (χ1v) is 24.2. The SMILES string of the molecule is CC(C)=CCC[C@](C)(O[C@@H]1O[C@H](CO)[C@@H](O)[C@H](O)[C@H]1O)[C@H]1CC[C@]2(C)[C@@H]1CC[C@@H]1[C@@]3(C)CC[C@H](O)C(C)(C)[C@@H]3[C@@H](O[C@@H]3O[C@H](CO)[C@@H](O)[C@H](O)[C@H]3O[C@@H]3O[C@@H](C)[C@H](O)[C@@H](O)[C@H]3O)C[C@]12C. The van der Waals surface area contributed by atoms with Crippen molar-refractivity contribution in [2.24, 2.45) is 45.3 Å². The predicted molar refractivity (Wildman–Crippen MR) is 232 cm³/mol. The molecule has 7 aliphatic rings. The Morgan fingerprint density at radius 3 is 1.89 bits per heavy atom. The lowest BCUT2D eigenvalue weighted by Gasteiger charge is -2.71. The van der Waals surface area contributed by atoms with Gasteiger partial charge in [0, 0.05) is 0 Å². The van der Waals surface area contributed by atoms with Crippen molar-refractivity contribution in [3.8, 4) is 0 Å². The summed E-state index contributed by atoms with van der Waals surface area (Å²) in [6.07, 6.45) is -14.5. The molecule has 25 atom stereocenters. The summed E-state index contributed by atoms with van der Waals surface area (Å²) >= 11 is 0. The highest BCUT2D eigenvalue weighted by Gasteiger charge is 2.72. The quantitative estimate of drug-likeness (QED) is 0.0962. The number of fused-ring (bicyclic) bond motifs is 5. The molecule has 17 nitrogen and oxygen atoms in total. The molecule has 0 unspecified atom stereocenters. The van der Waals surface area contributed by atoms with Crippen molar-refractivity contribution in [1.82, 2.24) is 0 Å². The highest BCUT2D eigenvalue weighted by molar-refractivity contribution is 5.21. The van der Waals surface area contributed by atoms with Crippen molar-refractivity contribution in [3.05, 3.63) is 11.6 Å². The Labute approximate surface area is 384 Å². The largest absolute Gasteiger partial charge is 0.394 e. The second-order valence-electron chi connectivity index (χ2n) is 22.9. The van der Waals surface area contributed by atoms with E-state index in [9.17, 15) is 56.2 Å². The predicted octanol–water partition coefficient (Wildman–Crippen LogP) is 1.00. The van der Waals surface area contributed by atoms with Gasteiger partial charge in [-0.1, -0.05) is 46.3 Å². The topological polar surface area (TPSA) is 278 Å². The van der Waals surface area contributed by atoms with E-state index >= 15 is 0 Å². The molecule has 7 fully saturated rings. The fourth-order valence-electron chi connectivity index (χ4n) is 14.9. The van der Waals surface area contributed by atoms with Crippen LogP contribution < -0.4 is 0 Å². The first-order chi connectivity index (χ1) is 30.3. The molecule has 4 aliphatic carbocycles. The van der Waals surface area contributed by atoms with Crippen LogP contribution in [0.5, 0.6) is 0 Å². The molecular formula is C48H82O17. The van der Waals surface area contributed by atoms with Crippen LogP contribution in [0.2, 0.25) is 0 Å². The van der Waals surface area contributed by atoms with Gasteiger partial charge in [0.1, 0.15) is 67.1 Å². The van der Waals surface area contributed by atoms with Crippen LogP contribution >= 0.6 is 0 Å². The van der Waals surface area contributed by atoms with E-state index in [0.29, 0.717) is 25.7 Å². The second-order valence-corrected chi connectivity index (χ2v) is 22.9. The summed E-state index contributed by atoms with van der Waals surface area (Å²) in [5.41, 5.74) is -1.47. The Morgan fingerprint density at radius 2 is 1.26 bits per heavy atom. The molecule has 7 rings (SSSR count). The average molecular weight is 931 g/mol. The maximum Gasteiger partial charge on any atom is 0.187 e. The van der Waals surface area contributed by atoms with Crippen molar-refractivity contribution >= 4 is 0 Å². The molecule has 3 aliphatic heterocycles. The van der Waals surface area contributed by atoms with E-state index in [2.05, 4.69) is 47.6 Å². The highest BCUT2D eigenvalue weighted by atomic mass is 16.8.